The molecule has 0 saturated carbocycles. The molecule has 0 aromatic heterocycles. The van der Waals surface area contributed by atoms with Gasteiger partial charge in [-0.05, 0) is 10.4 Å². The van der Waals surface area contributed by atoms with Gasteiger partial charge in [-0.15, -0.1) is 0 Å². The molecule has 1 N–H and O–H groups in total. The number of carboxylic acid groups (broad SMARTS) is 1. The van der Waals surface area contributed by atoms with Crippen molar-refractivity contribution in [1.29, 1.82) is 0 Å². The molecule has 74 valence electrons. The molecule has 0 spiro atoms. The Morgan fingerprint density at radius 1 is 1.46 bits per heavy atom. The van der Waals surface area contributed by atoms with Gasteiger partial charge in [-0.2, -0.15) is 0 Å². The fourth-order valence-electron chi connectivity index (χ4n) is 0.801. The summed E-state index contributed by atoms with van der Waals surface area (Å²) >= 11 is 3.19. The van der Waals surface area contributed by atoms with Crippen LogP contribution in [0.15, 0.2) is 11.1 Å². The highest BCUT2D eigenvalue weighted by molar-refractivity contribution is 9.11. The summed E-state index contributed by atoms with van der Waals surface area (Å²) in [7, 11) is 0. The number of Topliss-reactive ketones (excluding diaryl/α,β-unsaturated/α-hetero) is 1. The van der Waals surface area contributed by atoms with Gasteiger partial charge in [-0.1, -0.05) is 29.4 Å². The molecule has 3 nitrogen and oxygen atoms in total. The topological polar surface area (TPSA) is 54.4 Å². The van der Waals surface area contributed by atoms with E-state index in [1.165, 1.54) is 0 Å². The summed E-state index contributed by atoms with van der Waals surface area (Å²) in [5.74, 6) is -0.893. The molecular formula is C9H13BrO3. The summed E-state index contributed by atoms with van der Waals surface area (Å²) in [4.78, 5) is 21.3. The molecule has 0 saturated heterocycles. The zero-order chi connectivity index (χ0) is 10.4. The van der Waals surface area contributed by atoms with Gasteiger partial charge in [-0.3, -0.25) is 9.59 Å². The number of aliphatic carboxylic acids is 1. The third-order valence-electron chi connectivity index (χ3n) is 1.69. The van der Waals surface area contributed by atoms with Crippen LogP contribution in [0.3, 0.4) is 0 Å². The van der Waals surface area contributed by atoms with Crippen molar-refractivity contribution in [2.75, 3.05) is 0 Å². The van der Waals surface area contributed by atoms with Gasteiger partial charge in [0.1, 0.15) is 5.78 Å². The fourth-order valence-corrected chi connectivity index (χ4v) is 0.963. The van der Waals surface area contributed by atoms with Crippen LogP contribution in [0.25, 0.3) is 0 Å². The summed E-state index contributed by atoms with van der Waals surface area (Å²) < 4.78 is 0.774. The predicted octanol–water partition coefficient (Wildman–Crippen LogP) is 2.36. The third-order valence-corrected chi connectivity index (χ3v) is 2.47. The number of allylic oxidation sites excluding steroid dienone is 1. The fraction of sp³-hybridized carbons (Fsp3) is 0.556. The first-order valence-electron chi connectivity index (χ1n) is 4.01. The van der Waals surface area contributed by atoms with E-state index in [9.17, 15) is 9.59 Å². The van der Waals surface area contributed by atoms with Crippen LogP contribution < -0.4 is 0 Å². The SMILES string of the molecule is C=C(Br)C(C)CC(=O)CCC(=O)O. The van der Waals surface area contributed by atoms with E-state index in [2.05, 4.69) is 22.5 Å². The monoisotopic (exact) mass is 248 g/mol. The third kappa shape index (κ3) is 6.51. The van der Waals surface area contributed by atoms with Gasteiger partial charge in [-0.25, -0.2) is 0 Å². The van der Waals surface area contributed by atoms with Crippen LogP contribution in [0.1, 0.15) is 26.2 Å². The van der Waals surface area contributed by atoms with Crippen LogP contribution in [0.5, 0.6) is 0 Å². The Balaban J connectivity index is 3.74. The lowest BCUT2D eigenvalue weighted by Crippen LogP contribution is -2.07. The molecule has 0 aliphatic carbocycles. The summed E-state index contributed by atoms with van der Waals surface area (Å²) in [6.45, 7) is 5.52. The lowest BCUT2D eigenvalue weighted by molar-refractivity contribution is -0.138. The van der Waals surface area contributed by atoms with E-state index in [4.69, 9.17) is 5.11 Å². The normalized spacial score (nSPS) is 12.2. The maximum absolute atomic E-state index is 11.1. The quantitative estimate of drug-likeness (QED) is 0.786. The van der Waals surface area contributed by atoms with E-state index in [1.54, 1.807) is 0 Å². The van der Waals surface area contributed by atoms with Crippen molar-refractivity contribution in [2.24, 2.45) is 5.92 Å². The largest absolute Gasteiger partial charge is 0.481 e. The Labute approximate surface area is 86.0 Å². The van der Waals surface area contributed by atoms with E-state index in [-0.39, 0.29) is 24.5 Å². The Bertz CT molecular complexity index is 223. The predicted molar refractivity (Wildman–Crippen MR) is 53.7 cm³/mol. The van der Waals surface area contributed by atoms with Crippen LogP contribution in [0.4, 0.5) is 0 Å². The highest BCUT2D eigenvalue weighted by atomic mass is 79.9. The maximum atomic E-state index is 11.1. The molecule has 4 heteroatoms. The first-order chi connectivity index (χ1) is 5.93. The van der Waals surface area contributed by atoms with Gasteiger partial charge >= 0.3 is 5.97 Å². The van der Waals surface area contributed by atoms with Gasteiger partial charge < -0.3 is 5.11 Å². The molecule has 0 fully saturated rings. The average Bonchev–Trinajstić information content (AvgIpc) is 2.00. The second-order valence-corrected chi connectivity index (χ2v) is 4.00. The van der Waals surface area contributed by atoms with E-state index >= 15 is 0 Å². The minimum Gasteiger partial charge on any atom is -0.481 e. The standard InChI is InChI=1S/C9H13BrO3/c1-6(7(2)10)5-8(11)3-4-9(12)13/h6H,2-5H2,1H3,(H,12,13). The Morgan fingerprint density at radius 3 is 2.38 bits per heavy atom. The van der Waals surface area contributed by atoms with Crippen molar-refractivity contribution in [1.82, 2.24) is 0 Å². The first kappa shape index (κ1) is 12.4. The van der Waals surface area contributed by atoms with Gasteiger partial charge in [0.25, 0.3) is 0 Å². The van der Waals surface area contributed by atoms with Crippen molar-refractivity contribution in [3.8, 4) is 0 Å². The van der Waals surface area contributed by atoms with Crippen LogP contribution in [-0.4, -0.2) is 16.9 Å². The van der Waals surface area contributed by atoms with Gasteiger partial charge in [0.15, 0.2) is 0 Å². The van der Waals surface area contributed by atoms with E-state index < -0.39 is 5.97 Å². The highest BCUT2D eigenvalue weighted by Gasteiger charge is 2.11. The van der Waals surface area contributed by atoms with E-state index in [0.29, 0.717) is 6.42 Å². The van der Waals surface area contributed by atoms with Crippen LogP contribution in [0, 0.1) is 5.92 Å². The Morgan fingerprint density at radius 2 is 2.00 bits per heavy atom. The number of carbonyl (C=O) groups excluding carboxylic acids is 1. The molecule has 0 aliphatic rings. The Hall–Kier alpha value is -0.640. The van der Waals surface area contributed by atoms with Crippen molar-refractivity contribution >= 4 is 27.7 Å². The first-order valence-corrected chi connectivity index (χ1v) is 4.80. The van der Waals surface area contributed by atoms with E-state index in [1.807, 2.05) is 6.92 Å². The smallest absolute Gasteiger partial charge is 0.303 e. The number of carboxylic acids is 1. The molecule has 0 aromatic carbocycles. The second-order valence-electron chi connectivity index (χ2n) is 2.98. The summed E-state index contributed by atoms with van der Waals surface area (Å²) in [6.07, 6.45) is 0.387. The molecule has 1 atom stereocenters. The van der Waals surface area contributed by atoms with E-state index in [0.717, 1.165) is 4.48 Å². The van der Waals surface area contributed by atoms with Gasteiger partial charge in [0.2, 0.25) is 0 Å². The van der Waals surface area contributed by atoms with Crippen molar-refractivity contribution < 1.29 is 14.7 Å². The highest BCUT2D eigenvalue weighted by Crippen LogP contribution is 2.19. The van der Waals surface area contributed by atoms with Gasteiger partial charge in [0.05, 0.1) is 6.42 Å². The molecule has 0 aromatic rings. The minimum absolute atomic E-state index is 0.0319. The molecule has 0 amide bonds. The van der Waals surface area contributed by atoms with Crippen LogP contribution in [-0.2, 0) is 9.59 Å². The number of ketones is 1. The molecule has 13 heavy (non-hydrogen) atoms. The summed E-state index contributed by atoms with van der Waals surface area (Å²) in [6, 6.07) is 0. The molecule has 0 rings (SSSR count). The van der Waals surface area contributed by atoms with Crippen molar-refractivity contribution in [3.05, 3.63) is 11.1 Å². The molecule has 0 bridgehead atoms. The maximum Gasteiger partial charge on any atom is 0.303 e. The number of hydrogen-bond donors (Lipinski definition) is 1. The minimum atomic E-state index is -0.932. The number of rotatable bonds is 6. The lowest BCUT2D eigenvalue weighted by Gasteiger charge is -2.07. The second kappa shape index (κ2) is 5.91. The van der Waals surface area contributed by atoms with Crippen molar-refractivity contribution in [2.45, 2.75) is 26.2 Å². The zero-order valence-electron chi connectivity index (χ0n) is 7.55. The number of halogens is 1. The number of carbonyl (C=O) groups is 2. The van der Waals surface area contributed by atoms with Crippen LogP contribution in [0.2, 0.25) is 0 Å². The summed E-state index contributed by atoms with van der Waals surface area (Å²) in [5.41, 5.74) is 0. The molecular weight excluding hydrogens is 236 g/mol. The molecule has 1 unspecified atom stereocenters. The van der Waals surface area contributed by atoms with Crippen LogP contribution >= 0.6 is 15.9 Å². The van der Waals surface area contributed by atoms with Crippen molar-refractivity contribution in [3.63, 3.8) is 0 Å². The lowest BCUT2D eigenvalue weighted by atomic mass is 10.0. The molecule has 0 aliphatic heterocycles. The molecule has 0 radical (unpaired) electrons. The average molecular weight is 249 g/mol. The number of hydrogen-bond acceptors (Lipinski definition) is 2. The van der Waals surface area contributed by atoms with Gasteiger partial charge in [0, 0.05) is 12.8 Å². The molecule has 0 heterocycles. The Kier molecular flexibility index (Phi) is 5.62. The zero-order valence-corrected chi connectivity index (χ0v) is 9.13. The summed E-state index contributed by atoms with van der Waals surface area (Å²) in [5, 5.41) is 8.33.